The van der Waals surface area contributed by atoms with E-state index in [0.29, 0.717) is 12.2 Å². The Hall–Kier alpha value is -2.26. The molecule has 0 aliphatic carbocycles. The molecule has 1 fully saturated rings. The van der Waals surface area contributed by atoms with Crippen LogP contribution in [0.5, 0.6) is 0 Å². The third-order valence-electron chi connectivity index (χ3n) is 4.83. The number of pyridine rings is 2. The summed E-state index contributed by atoms with van der Waals surface area (Å²) in [4.78, 5) is 8.89. The van der Waals surface area contributed by atoms with E-state index in [2.05, 4.69) is 34.2 Å². The Kier molecular flexibility index (Phi) is 2.44. The first-order valence-corrected chi connectivity index (χ1v) is 7.80. The van der Waals surface area contributed by atoms with Crippen molar-refractivity contribution in [1.29, 1.82) is 0 Å². The van der Waals surface area contributed by atoms with Crippen molar-refractivity contribution in [3.8, 4) is 11.3 Å². The number of hydrogen-bond donors (Lipinski definition) is 0. The molecule has 1 saturated heterocycles. The molecule has 2 bridgehead atoms. The first-order chi connectivity index (χ1) is 10.8. The average molecular weight is 288 g/mol. The van der Waals surface area contributed by atoms with Crippen molar-refractivity contribution in [3.63, 3.8) is 0 Å². The molecule has 2 aromatic heterocycles. The van der Waals surface area contributed by atoms with Gasteiger partial charge in [0.2, 0.25) is 0 Å². The van der Waals surface area contributed by atoms with Crippen LogP contribution in [-0.2, 0) is 4.74 Å². The molecule has 0 amide bonds. The van der Waals surface area contributed by atoms with Crippen LogP contribution >= 0.6 is 0 Å². The van der Waals surface area contributed by atoms with Gasteiger partial charge in [0, 0.05) is 29.0 Å². The summed E-state index contributed by atoms with van der Waals surface area (Å²) in [6.45, 7) is 2.01. The molecule has 108 valence electrons. The lowest BCUT2D eigenvalue weighted by molar-refractivity contribution is 0.0717. The Balaban J connectivity index is 1.68. The van der Waals surface area contributed by atoms with Gasteiger partial charge in [-0.1, -0.05) is 0 Å². The van der Waals surface area contributed by atoms with Gasteiger partial charge in [0.1, 0.15) is 0 Å². The van der Waals surface area contributed by atoms with Crippen molar-refractivity contribution < 1.29 is 4.74 Å². The molecule has 2 aliphatic rings. The van der Waals surface area contributed by atoms with Gasteiger partial charge in [0.15, 0.2) is 0 Å². The van der Waals surface area contributed by atoms with Crippen LogP contribution in [0.1, 0.15) is 41.9 Å². The van der Waals surface area contributed by atoms with Gasteiger partial charge in [-0.3, -0.25) is 9.97 Å². The molecule has 3 nitrogen and oxygen atoms in total. The highest BCUT2D eigenvalue weighted by Crippen LogP contribution is 2.51. The summed E-state index contributed by atoms with van der Waals surface area (Å²) in [5, 5.41) is 2.44. The van der Waals surface area contributed by atoms with Crippen molar-refractivity contribution in [1.82, 2.24) is 9.97 Å². The van der Waals surface area contributed by atoms with E-state index in [-0.39, 0.29) is 0 Å². The molecule has 0 saturated carbocycles. The summed E-state index contributed by atoms with van der Waals surface area (Å²) in [5.74, 6) is 0. The lowest BCUT2D eigenvalue weighted by Gasteiger charge is -2.13. The summed E-state index contributed by atoms with van der Waals surface area (Å²) >= 11 is 0. The molecule has 0 N–H and O–H groups in total. The van der Waals surface area contributed by atoms with Gasteiger partial charge < -0.3 is 4.74 Å². The maximum absolute atomic E-state index is 6.02. The third-order valence-corrected chi connectivity index (χ3v) is 4.83. The van der Waals surface area contributed by atoms with Crippen LogP contribution in [-0.4, -0.2) is 9.97 Å². The highest BCUT2D eigenvalue weighted by Gasteiger charge is 2.37. The van der Waals surface area contributed by atoms with Crippen molar-refractivity contribution in [2.24, 2.45) is 0 Å². The fourth-order valence-electron chi connectivity index (χ4n) is 3.74. The second-order valence-corrected chi connectivity index (χ2v) is 6.27. The fourth-order valence-corrected chi connectivity index (χ4v) is 3.74. The van der Waals surface area contributed by atoms with Crippen molar-refractivity contribution in [3.05, 3.63) is 59.5 Å². The van der Waals surface area contributed by atoms with Gasteiger partial charge in [-0.25, -0.2) is 0 Å². The van der Waals surface area contributed by atoms with Gasteiger partial charge in [-0.2, -0.15) is 0 Å². The number of ether oxygens (including phenoxy) is 1. The molecule has 3 heteroatoms. The van der Waals surface area contributed by atoms with Crippen LogP contribution in [0, 0.1) is 6.92 Å². The first kappa shape index (κ1) is 12.3. The predicted octanol–water partition coefficient (Wildman–Crippen LogP) is 4.51. The molecule has 0 radical (unpaired) electrons. The normalized spacial score (nSPS) is 22.2. The van der Waals surface area contributed by atoms with E-state index in [4.69, 9.17) is 4.74 Å². The molecule has 22 heavy (non-hydrogen) atoms. The van der Waals surface area contributed by atoms with Crippen LogP contribution in [0.3, 0.4) is 0 Å². The molecular weight excluding hydrogens is 272 g/mol. The predicted molar refractivity (Wildman–Crippen MR) is 85.5 cm³/mol. The lowest BCUT2D eigenvalue weighted by atomic mass is 9.89. The molecule has 4 heterocycles. The molecule has 2 unspecified atom stereocenters. The molecule has 1 aromatic carbocycles. The Morgan fingerprint density at radius 3 is 2.50 bits per heavy atom. The van der Waals surface area contributed by atoms with Gasteiger partial charge >= 0.3 is 0 Å². The zero-order valence-corrected chi connectivity index (χ0v) is 12.4. The average Bonchev–Trinajstić information content (AvgIpc) is 3.14. The molecular formula is C19H16N2O. The van der Waals surface area contributed by atoms with E-state index in [1.54, 1.807) is 0 Å². The lowest BCUT2D eigenvalue weighted by Crippen LogP contribution is -1.98. The van der Waals surface area contributed by atoms with E-state index in [1.165, 1.54) is 21.9 Å². The van der Waals surface area contributed by atoms with Crippen molar-refractivity contribution in [2.75, 3.05) is 0 Å². The fraction of sp³-hybridized carbons (Fsp3) is 0.263. The third kappa shape index (κ3) is 1.72. The number of nitrogens with zero attached hydrogens (tertiary/aromatic N) is 2. The second-order valence-electron chi connectivity index (χ2n) is 6.27. The summed E-state index contributed by atoms with van der Waals surface area (Å²) < 4.78 is 6.02. The maximum atomic E-state index is 6.02. The molecule has 0 spiro atoms. The van der Waals surface area contributed by atoms with E-state index < -0.39 is 0 Å². The van der Waals surface area contributed by atoms with Crippen LogP contribution in [0.4, 0.5) is 0 Å². The van der Waals surface area contributed by atoms with Crippen LogP contribution in [0.15, 0.2) is 42.7 Å². The van der Waals surface area contributed by atoms with E-state index >= 15 is 0 Å². The number of rotatable bonds is 1. The van der Waals surface area contributed by atoms with Crippen LogP contribution < -0.4 is 0 Å². The molecule has 5 rings (SSSR count). The van der Waals surface area contributed by atoms with E-state index in [9.17, 15) is 0 Å². The molecule has 2 aliphatic heterocycles. The van der Waals surface area contributed by atoms with Gasteiger partial charge in [-0.15, -0.1) is 0 Å². The maximum Gasteiger partial charge on any atom is 0.0838 e. The number of fused-ring (bicyclic) bond motifs is 6. The summed E-state index contributed by atoms with van der Waals surface area (Å²) in [5.41, 5.74) is 5.89. The van der Waals surface area contributed by atoms with Gasteiger partial charge in [0.25, 0.3) is 0 Å². The van der Waals surface area contributed by atoms with E-state index in [1.807, 2.05) is 25.4 Å². The topological polar surface area (TPSA) is 35.0 Å². The Bertz CT molecular complexity index is 903. The standard InChI is InChI=1S/C19H16N2O/c1-11-6-12(4-5-20-11)17-9-13-7-15-16(8-14(13)10-21-17)19-3-2-18(15)22-19/h4-10,18-19H,2-3H2,1H3. The second kappa shape index (κ2) is 4.37. The Morgan fingerprint density at radius 1 is 0.955 bits per heavy atom. The minimum Gasteiger partial charge on any atom is -0.366 e. The van der Waals surface area contributed by atoms with Crippen molar-refractivity contribution >= 4 is 10.8 Å². The first-order valence-electron chi connectivity index (χ1n) is 7.80. The summed E-state index contributed by atoms with van der Waals surface area (Å²) in [6.07, 6.45) is 6.75. The Labute approximate surface area is 129 Å². The highest BCUT2D eigenvalue weighted by molar-refractivity contribution is 5.87. The van der Waals surface area contributed by atoms with Crippen LogP contribution in [0.2, 0.25) is 0 Å². The number of aryl methyl sites for hydroxylation is 1. The minimum absolute atomic E-state index is 0.309. The smallest absolute Gasteiger partial charge is 0.0838 e. The summed E-state index contributed by atoms with van der Waals surface area (Å²) in [6, 6.07) is 10.8. The monoisotopic (exact) mass is 288 g/mol. The zero-order chi connectivity index (χ0) is 14.7. The minimum atomic E-state index is 0.309. The SMILES string of the molecule is Cc1cc(-c2cc3cc4c(cc3cn2)C2CCC4O2)ccn1. The largest absolute Gasteiger partial charge is 0.366 e. The highest BCUT2D eigenvalue weighted by atomic mass is 16.5. The van der Waals surface area contributed by atoms with Gasteiger partial charge in [0.05, 0.1) is 17.9 Å². The number of aromatic nitrogens is 2. The Morgan fingerprint density at radius 2 is 1.73 bits per heavy atom. The van der Waals surface area contributed by atoms with Gasteiger partial charge in [-0.05, 0) is 66.6 Å². The van der Waals surface area contributed by atoms with Crippen LogP contribution in [0.25, 0.3) is 22.0 Å². The number of hydrogen-bond acceptors (Lipinski definition) is 3. The van der Waals surface area contributed by atoms with E-state index in [0.717, 1.165) is 29.8 Å². The summed E-state index contributed by atoms with van der Waals surface area (Å²) in [7, 11) is 0. The molecule has 2 atom stereocenters. The zero-order valence-electron chi connectivity index (χ0n) is 12.4. The number of benzene rings is 1. The van der Waals surface area contributed by atoms with Crippen molar-refractivity contribution in [2.45, 2.75) is 32.0 Å². The quantitative estimate of drug-likeness (QED) is 0.660. The molecule has 3 aromatic rings.